The zero-order valence-corrected chi connectivity index (χ0v) is 22.0. The second kappa shape index (κ2) is 11.8. The van der Waals surface area contributed by atoms with E-state index in [-0.39, 0.29) is 0 Å². The number of hydrogen-bond acceptors (Lipinski definition) is 9. The minimum Gasteiger partial charge on any atom is -0.487 e. The molecule has 0 aliphatic carbocycles. The van der Waals surface area contributed by atoms with Crippen molar-refractivity contribution < 1.29 is 23.8 Å². The second-order valence-electron chi connectivity index (χ2n) is 8.19. The molecule has 192 valence electrons. The van der Waals surface area contributed by atoms with Crippen LogP contribution >= 0.6 is 22.7 Å². The van der Waals surface area contributed by atoms with Gasteiger partial charge in [-0.25, -0.2) is 4.98 Å². The normalized spacial score (nSPS) is 10.8. The number of esters is 2. The van der Waals surface area contributed by atoms with Crippen molar-refractivity contribution in [3.05, 3.63) is 94.9 Å². The third-order valence-electron chi connectivity index (χ3n) is 5.45. The molecule has 38 heavy (non-hydrogen) atoms. The number of thiophene rings is 1. The minimum atomic E-state index is -0.702. The maximum absolute atomic E-state index is 12.2. The molecule has 0 amide bonds. The van der Waals surface area contributed by atoms with Crippen molar-refractivity contribution in [3.63, 3.8) is 0 Å². The maximum Gasteiger partial charge on any atom is 0.322 e. The Bertz CT molecular complexity index is 1510. The fourth-order valence-corrected chi connectivity index (χ4v) is 5.14. The highest BCUT2D eigenvalue weighted by Gasteiger charge is 2.19. The zero-order chi connectivity index (χ0) is 26.3. The Labute approximate surface area is 227 Å². The van der Waals surface area contributed by atoms with Gasteiger partial charge in [-0.1, -0.05) is 48.5 Å². The number of aromatic nitrogens is 3. The van der Waals surface area contributed by atoms with Crippen LogP contribution in [-0.4, -0.2) is 33.8 Å². The van der Waals surface area contributed by atoms with Gasteiger partial charge in [0.15, 0.2) is 5.75 Å². The van der Waals surface area contributed by atoms with Crippen molar-refractivity contribution in [1.82, 2.24) is 14.8 Å². The lowest BCUT2D eigenvalue weighted by Crippen LogP contribution is -2.14. The average molecular weight is 546 g/mol. The molecule has 3 heterocycles. The Morgan fingerprint density at radius 2 is 1.76 bits per heavy atom. The zero-order valence-electron chi connectivity index (χ0n) is 20.4. The summed E-state index contributed by atoms with van der Waals surface area (Å²) in [6.45, 7) is 0.839. The topological polar surface area (TPSA) is 92.5 Å². The van der Waals surface area contributed by atoms with Crippen LogP contribution in [0.2, 0.25) is 0 Å². The van der Waals surface area contributed by atoms with Crippen LogP contribution in [0.5, 0.6) is 11.5 Å². The molecule has 3 aromatic heterocycles. The molecule has 0 aliphatic rings. The Hall–Kier alpha value is -4.28. The average Bonchev–Trinajstić information content (AvgIpc) is 3.70. The molecule has 0 saturated heterocycles. The lowest BCUT2D eigenvalue weighted by atomic mass is 10.2. The summed E-state index contributed by atoms with van der Waals surface area (Å²) in [5.41, 5.74) is 3.50. The van der Waals surface area contributed by atoms with Gasteiger partial charge in [0, 0.05) is 10.9 Å². The predicted octanol–water partition coefficient (Wildman–Crippen LogP) is 5.83. The number of carbonyl (C=O) groups is 2. The van der Waals surface area contributed by atoms with Crippen molar-refractivity contribution in [2.75, 3.05) is 7.11 Å². The maximum atomic E-state index is 12.2. The molecule has 0 saturated carbocycles. The highest BCUT2D eigenvalue weighted by Crippen LogP contribution is 2.32. The minimum absolute atomic E-state index is 0.291. The number of rotatable bonds is 10. The quantitative estimate of drug-likeness (QED) is 0.161. The fourth-order valence-electron chi connectivity index (χ4n) is 3.61. The van der Waals surface area contributed by atoms with Crippen LogP contribution in [0, 0.1) is 0 Å². The van der Waals surface area contributed by atoms with E-state index in [1.165, 1.54) is 18.4 Å². The summed E-state index contributed by atoms with van der Waals surface area (Å²) in [6.07, 6.45) is 1.18. The van der Waals surface area contributed by atoms with Gasteiger partial charge in [0.25, 0.3) is 0 Å². The molecule has 2 aromatic carbocycles. The molecule has 0 N–H and O–H groups in total. The van der Waals surface area contributed by atoms with E-state index in [9.17, 15) is 9.59 Å². The summed E-state index contributed by atoms with van der Waals surface area (Å²) in [4.78, 5) is 29.1. The van der Waals surface area contributed by atoms with Gasteiger partial charge in [0.05, 0.1) is 30.4 Å². The van der Waals surface area contributed by atoms with Crippen LogP contribution in [0.4, 0.5) is 0 Å². The lowest BCUT2D eigenvalue weighted by molar-refractivity contribution is -0.148. The standard InChI is InChI=1S/C28H23N3O5S2/c1-34-25(32)14-26(33)36-23-16-31(30-27(23)24-8-5-13-37-24)15-19-9-11-22(12-10-19)35-17-21-18-38-28(29-21)20-6-3-2-4-7-20/h2-13,16,18H,14-15,17H2,1H3. The Morgan fingerprint density at radius 3 is 2.50 bits per heavy atom. The van der Waals surface area contributed by atoms with Gasteiger partial charge in [-0.05, 0) is 29.1 Å². The number of methoxy groups -OCH3 is 1. The monoisotopic (exact) mass is 545 g/mol. The molecular weight excluding hydrogens is 522 g/mol. The Kier molecular flexibility index (Phi) is 7.91. The third kappa shape index (κ3) is 6.34. The van der Waals surface area contributed by atoms with E-state index in [0.717, 1.165) is 32.5 Å². The van der Waals surface area contributed by atoms with E-state index in [0.29, 0.717) is 24.6 Å². The van der Waals surface area contributed by atoms with Crippen LogP contribution in [0.3, 0.4) is 0 Å². The van der Waals surface area contributed by atoms with E-state index in [4.69, 9.17) is 9.47 Å². The van der Waals surface area contributed by atoms with E-state index in [1.54, 1.807) is 22.2 Å². The molecule has 10 heteroatoms. The van der Waals surface area contributed by atoms with Crippen molar-refractivity contribution in [1.29, 1.82) is 0 Å². The largest absolute Gasteiger partial charge is 0.487 e. The summed E-state index contributed by atoms with van der Waals surface area (Å²) in [6, 6.07) is 21.6. The number of nitrogens with zero attached hydrogens (tertiary/aromatic N) is 3. The van der Waals surface area contributed by atoms with Gasteiger partial charge in [-0.15, -0.1) is 22.7 Å². The highest BCUT2D eigenvalue weighted by molar-refractivity contribution is 7.13. The molecule has 0 radical (unpaired) electrons. The molecule has 8 nitrogen and oxygen atoms in total. The number of ether oxygens (including phenoxy) is 3. The summed E-state index contributed by atoms with van der Waals surface area (Å²) in [5, 5.41) is 9.52. The smallest absolute Gasteiger partial charge is 0.322 e. The summed E-state index contributed by atoms with van der Waals surface area (Å²) >= 11 is 3.08. The molecule has 0 unspecified atom stereocenters. The van der Waals surface area contributed by atoms with Crippen LogP contribution in [0.25, 0.3) is 21.1 Å². The molecule has 0 atom stereocenters. The van der Waals surface area contributed by atoms with Crippen molar-refractivity contribution >= 4 is 34.6 Å². The molecule has 5 rings (SSSR count). The SMILES string of the molecule is COC(=O)CC(=O)Oc1cn(Cc2ccc(OCc3csc(-c4ccccc4)n3)cc2)nc1-c1cccs1. The third-order valence-corrected chi connectivity index (χ3v) is 7.27. The van der Waals surface area contributed by atoms with Crippen LogP contribution in [0.1, 0.15) is 17.7 Å². The van der Waals surface area contributed by atoms with Gasteiger partial charge >= 0.3 is 11.9 Å². The van der Waals surface area contributed by atoms with Crippen molar-refractivity contribution in [2.45, 2.75) is 19.6 Å². The van der Waals surface area contributed by atoms with Gasteiger partial charge in [-0.2, -0.15) is 5.10 Å². The van der Waals surface area contributed by atoms with Gasteiger partial charge < -0.3 is 14.2 Å². The predicted molar refractivity (Wildman–Crippen MR) is 145 cm³/mol. The highest BCUT2D eigenvalue weighted by atomic mass is 32.1. The molecule has 5 aromatic rings. The molecule has 0 aliphatic heterocycles. The number of benzene rings is 2. The molecular formula is C28H23N3O5S2. The van der Waals surface area contributed by atoms with Crippen molar-refractivity contribution in [2.24, 2.45) is 0 Å². The van der Waals surface area contributed by atoms with E-state index < -0.39 is 18.4 Å². The Balaban J connectivity index is 1.23. The first kappa shape index (κ1) is 25.4. The second-order valence-corrected chi connectivity index (χ2v) is 9.99. The Morgan fingerprint density at radius 1 is 0.947 bits per heavy atom. The summed E-state index contributed by atoms with van der Waals surface area (Å²) in [7, 11) is 1.22. The van der Waals surface area contributed by atoms with Crippen LogP contribution in [0.15, 0.2) is 83.7 Å². The van der Waals surface area contributed by atoms with Gasteiger partial charge in [0.1, 0.15) is 29.5 Å². The first-order chi connectivity index (χ1) is 18.6. The van der Waals surface area contributed by atoms with Gasteiger partial charge in [-0.3, -0.25) is 14.3 Å². The summed E-state index contributed by atoms with van der Waals surface area (Å²) in [5.74, 6) is -0.333. The van der Waals surface area contributed by atoms with Crippen molar-refractivity contribution in [3.8, 4) is 32.6 Å². The first-order valence-electron chi connectivity index (χ1n) is 11.7. The van der Waals surface area contributed by atoms with E-state index in [1.807, 2.05) is 77.5 Å². The molecule has 0 bridgehead atoms. The number of thiazole rings is 1. The molecule has 0 fully saturated rings. The molecule has 0 spiro atoms. The van der Waals surface area contributed by atoms with Crippen LogP contribution < -0.4 is 9.47 Å². The number of hydrogen-bond donors (Lipinski definition) is 0. The number of carbonyl (C=O) groups excluding carboxylic acids is 2. The van der Waals surface area contributed by atoms with E-state index in [2.05, 4.69) is 14.8 Å². The first-order valence-corrected chi connectivity index (χ1v) is 13.4. The van der Waals surface area contributed by atoms with Gasteiger partial charge in [0.2, 0.25) is 0 Å². The van der Waals surface area contributed by atoms with Crippen LogP contribution in [-0.2, 0) is 27.5 Å². The van der Waals surface area contributed by atoms with E-state index >= 15 is 0 Å². The lowest BCUT2D eigenvalue weighted by Gasteiger charge is -2.06. The fraction of sp³-hybridized carbons (Fsp3) is 0.143. The summed E-state index contributed by atoms with van der Waals surface area (Å²) < 4.78 is 17.6.